The molecular formula is C14H23NO. The van der Waals surface area contributed by atoms with Crippen molar-refractivity contribution in [2.45, 2.75) is 46.1 Å². The summed E-state index contributed by atoms with van der Waals surface area (Å²) in [4.78, 5) is 0. The van der Waals surface area contributed by atoms with Gasteiger partial charge in [0.25, 0.3) is 0 Å². The van der Waals surface area contributed by atoms with Crippen LogP contribution in [0.4, 0.5) is 0 Å². The van der Waals surface area contributed by atoms with E-state index in [0.717, 1.165) is 12.5 Å². The second-order valence-electron chi connectivity index (χ2n) is 5.58. The summed E-state index contributed by atoms with van der Waals surface area (Å²) in [7, 11) is 0. The molecule has 0 spiro atoms. The summed E-state index contributed by atoms with van der Waals surface area (Å²) in [6.45, 7) is 7.99. The zero-order valence-corrected chi connectivity index (χ0v) is 10.6. The lowest BCUT2D eigenvalue weighted by Crippen LogP contribution is -2.33. The van der Waals surface area contributed by atoms with Crippen LogP contribution in [0.1, 0.15) is 51.6 Å². The molecular weight excluding hydrogens is 198 g/mol. The molecule has 2 unspecified atom stereocenters. The van der Waals surface area contributed by atoms with E-state index in [1.54, 1.807) is 6.26 Å². The van der Waals surface area contributed by atoms with Gasteiger partial charge in [-0.2, -0.15) is 0 Å². The molecule has 0 radical (unpaired) electrons. The second kappa shape index (κ2) is 4.62. The number of hydrogen-bond acceptors (Lipinski definition) is 2. The molecule has 1 heterocycles. The molecule has 1 aliphatic carbocycles. The average Bonchev–Trinajstić information content (AvgIpc) is 2.84. The number of nitrogens with one attached hydrogen (secondary N) is 1. The summed E-state index contributed by atoms with van der Waals surface area (Å²) in [6.07, 6.45) is 7.70. The Labute approximate surface area is 98.4 Å². The summed E-state index contributed by atoms with van der Waals surface area (Å²) in [5, 5.41) is 3.62. The molecule has 1 saturated carbocycles. The van der Waals surface area contributed by atoms with E-state index in [-0.39, 0.29) is 0 Å². The Morgan fingerprint density at radius 2 is 2.38 bits per heavy atom. The van der Waals surface area contributed by atoms with Gasteiger partial charge in [0.2, 0.25) is 0 Å². The molecule has 2 nitrogen and oxygen atoms in total. The van der Waals surface area contributed by atoms with E-state index >= 15 is 0 Å². The first-order valence-corrected chi connectivity index (χ1v) is 6.40. The van der Waals surface area contributed by atoms with Gasteiger partial charge < -0.3 is 9.73 Å². The molecule has 0 amide bonds. The van der Waals surface area contributed by atoms with E-state index < -0.39 is 0 Å². The van der Waals surface area contributed by atoms with Crippen LogP contribution < -0.4 is 5.32 Å². The van der Waals surface area contributed by atoms with Gasteiger partial charge in [0, 0.05) is 11.6 Å². The van der Waals surface area contributed by atoms with Crippen LogP contribution in [0.25, 0.3) is 0 Å². The Bertz CT molecular complexity index is 315. The van der Waals surface area contributed by atoms with Crippen molar-refractivity contribution in [2.24, 2.45) is 11.3 Å². The fraction of sp³-hybridized carbons (Fsp3) is 0.714. The van der Waals surface area contributed by atoms with Crippen LogP contribution >= 0.6 is 0 Å². The molecule has 2 rings (SSSR count). The van der Waals surface area contributed by atoms with Crippen LogP contribution in [0, 0.1) is 11.3 Å². The standard InChI is InChI=1S/C14H23NO/c1-4-15-13(11-7-9-16-10-11)12-6-5-8-14(12,2)3/h7,9-10,12-13,15H,4-6,8H2,1-3H3. The highest BCUT2D eigenvalue weighted by Crippen LogP contribution is 2.48. The summed E-state index contributed by atoms with van der Waals surface area (Å²) in [5.74, 6) is 0.727. The molecule has 0 aromatic carbocycles. The van der Waals surface area contributed by atoms with Gasteiger partial charge in [0.05, 0.1) is 12.5 Å². The van der Waals surface area contributed by atoms with E-state index in [1.807, 2.05) is 6.26 Å². The largest absolute Gasteiger partial charge is 0.472 e. The Morgan fingerprint density at radius 1 is 1.56 bits per heavy atom. The van der Waals surface area contributed by atoms with Crippen LogP contribution in [-0.2, 0) is 0 Å². The minimum Gasteiger partial charge on any atom is -0.472 e. The van der Waals surface area contributed by atoms with E-state index in [4.69, 9.17) is 4.42 Å². The van der Waals surface area contributed by atoms with Gasteiger partial charge in [-0.3, -0.25) is 0 Å². The summed E-state index contributed by atoms with van der Waals surface area (Å²) >= 11 is 0. The van der Waals surface area contributed by atoms with E-state index in [2.05, 4.69) is 32.2 Å². The minimum absolute atomic E-state index is 0.449. The maximum atomic E-state index is 5.23. The first-order chi connectivity index (χ1) is 7.65. The van der Waals surface area contributed by atoms with Crippen LogP contribution in [0.2, 0.25) is 0 Å². The third-order valence-corrected chi connectivity index (χ3v) is 4.07. The van der Waals surface area contributed by atoms with Crippen molar-refractivity contribution >= 4 is 0 Å². The molecule has 90 valence electrons. The molecule has 2 atom stereocenters. The predicted molar refractivity (Wildman–Crippen MR) is 66.2 cm³/mol. The number of rotatable bonds is 4. The van der Waals surface area contributed by atoms with Crippen molar-refractivity contribution in [2.75, 3.05) is 6.54 Å². The van der Waals surface area contributed by atoms with Crippen LogP contribution in [0.3, 0.4) is 0 Å². The molecule has 1 fully saturated rings. The Hall–Kier alpha value is -0.760. The minimum atomic E-state index is 0.449. The van der Waals surface area contributed by atoms with Gasteiger partial charge in [-0.05, 0) is 36.8 Å². The Balaban J connectivity index is 2.19. The fourth-order valence-electron chi connectivity index (χ4n) is 3.14. The SMILES string of the molecule is CCNC(c1ccoc1)C1CCCC1(C)C. The molecule has 1 N–H and O–H groups in total. The Kier molecular flexibility index (Phi) is 3.38. The average molecular weight is 221 g/mol. The normalized spacial score (nSPS) is 25.8. The summed E-state index contributed by atoms with van der Waals surface area (Å²) in [5.41, 5.74) is 1.76. The lowest BCUT2D eigenvalue weighted by molar-refractivity contribution is 0.198. The van der Waals surface area contributed by atoms with Crippen LogP contribution in [0.15, 0.2) is 23.0 Å². The topological polar surface area (TPSA) is 25.2 Å². The van der Waals surface area contributed by atoms with Gasteiger partial charge in [-0.1, -0.05) is 27.2 Å². The highest BCUT2D eigenvalue weighted by Gasteiger charge is 2.39. The van der Waals surface area contributed by atoms with Gasteiger partial charge >= 0.3 is 0 Å². The van der Waals surface area contributed by atoms with Gasteiger partial charge in [-0.15, -0.1) is 0 Å². The smallest absolute Gasteiger partial charge is 0.0950 e. The zero-order chi connectivity index (χ0) is 11.6. The first kappa shape index (κ1) is 11.7. The zero-order valence-electron chi connectivity index (χ0n) is 10.6. The maximum Gasteiger partial charge on any atom is 0.0950 e. The fourth-order valence-corrected chi connectivity index (χ4v) is 3.14. The highest BCUT2D eigenvalue weighted by molar-refractivity contribution is 5.15. The lowest BCUT2D eigenvalue weighted by Gasteiger charge is -2.34. The summed E-state index contributed by atoms with van der Waals surface area (Å²) < 4.78 is 5.23. The monoisotopic (exact) mass is 221 g/mol. The molecule has 0 bridgehead atoms. The van der Waals surface area contributed by atoms with E-state index in [1.165, 1.54) is 24.8 Å². The second-order valence-corrected chi connectivity index (χ2v) is 5.58. The molecule has 2 heteroatoms. The quantitative estimate of drug-likeness (QED) is 0.837. The molecule has 1 aromatic heterocycles. The van der Waals surface area contributed by atoms with Gasteiger partial charge in [-0.25, -0.2) is 0 Å². The lowest BCUT2D eigenvalue weighted by atomic mass is 9.76. The maximum absolute atomic E-state index is 5.23. The molecule has 0 aliphatic heterocycles. The van der Waals surface area contributed by atoms with Gasteiger partial charge in [0.15, 0.2) is 0 Å². The van der Waals surface area contributed by atoms with Crippen LogP contribution in [0.5, 0.6) is 0 Å². The van der Waals surface area contributed by atoms with Crippen molar-refractivity contribution in [1.29, 1.82) is 0 Å². The molecule has 1 aromatic rings. The van der Waals surface area contributed by atoms with Crippen molar-refractivity contribution in [3.05, 3.63) is 24.2 Å². The third kappa shape index (κ3) is 2.17. The first-order valence-electron chi connectivity index (χ1n) is 6.40. The molecule has 1 aliphatic rings. The van der Waals surface area contributed by atoms with Gasteiger partial charge in [0.1, 0.15) is 0 Å². The van der Waals surface area contributed by atoms with E-state index in [9.17, 15) is 0 Å². The number of hydrogen-bond donors (Lipinski definition) is 1. The molecule has 16 heavy (non-hydrogen) atoms. The summed E-state index contributed by atoms with van der Waals surface area (Å²) in [6, 6.07) is 2.56. The Morgan fingerprint density at radius 3 is 2.88 bits per heavy atom. The third-order valence-electron chi connectivity index (χ3n) is 4.07. The van der Waals surface area contributed by atoms with Crippen molar-refractivity contribution in [1.82, 2.24) is 5.32 Å². The van der Waals surface area contributed by atoms with Crippen molar-refractivity contribution in [3.8, 4) is 0 Å². The van der Waals surface area contributed by atoms with E-state index in [0.29, 0.717) is 11.5 Å². The molecule has 0 saturated heterocycles. The predicted octanol–water partition coefficient (Wildman–Crippen LogP) is 3.76. The highest BCUT2D eigenvalue weighted by atomic mass is 16.3. The van der Waals surface area contributed by atoms with Crippen molar-refractivity contribution in [3.63, 3.8) is 0 Å². The number of furan rings is 1. The van der Waals surface area contributed by atoms with Crippen molar-refractivity contribution < 1.29 is 4.42 Å². The van der Waals surface area contributed by atoms with Crippen LogP contribution in [-0.4, -0.2) is 6.54 Å².